The van der Waals surface area contributed by atoms with Crippen LogP contribution < -0.4 is 0 Å². The van der Waals surface area contributed by atoms with Crippen molar-refractivity contribution in [1.29, 1.82) is 0 Å². The quantitative estimate of drug-likeness (QED) is 0.847. The van der Waals surface area contributed by atoms with Crippen LogP contribution in [0.25, 0.3) is 0 Å². The van der Waals surface area contributed by atoms with Crippen LogP contribution in [0.15, 0.2) is 16.5 Å². The summed E-state index contributed by atoms with van der Waals surface area (Å²) in [7, 11) is 0. The van der Waals surface area contributed by atoms with Gasteiger partial charge in [0.05, 0.1) is 32.4 Å². The van der Waals surface area contributed by atoms with E-state index in [2.05, 4.69) is 18.7 Å². The molecule has 0 aromatic carbocycles. The highest BCUT2D eigenvalue weighted by molar-refractivity contribution is 5.91. The number of aliphatic hydroxyl groups excluding tert-OH is 1. The van der Waals surface area contributed by atoms with Crippen LogP contribution in [0.1, 0.15) is 30.2 Å². The van der Waals surface area contributed by atoms with Gasteiger partial charge in [-0.05, 0) is 25.2 Å². The number of amides is 1. The summed E-state index contributed by atoms with van der Waals surface area (Å²) in [5.41, 5.74) is 0. The molecule has 0 aliphatic carbocycles. The fourth-order valence-corrected chi connectivity index (χ4v) is 2.46. The molecule has 1 aromatic rings. The molecule has 2 rings (SSSR count). The molecule has 1 aliphatic rings. The lowest BCUT2D eigenvalue weighted by Crippen LogP contribution is -2.50. The number of aliphatic hydroxyl groups is 1. The Bertz CT molecular complexity index is 456. The summed E-state index contributed by atoms with van der Waals surface area (Å²) in [5.74, 6) is 0.941. The Morgan fingerprint density at radius 3 is 2.86 bits per heavy atom. The first-order chi connectivity index (χ1) is 10.2. The molecular weight excluding hydrogens is 272 g/mol. The van der Waals surface area contributed by atoms with Crippen LogP contribution in [0.4, 0.5) is 0 Å². The lowest BCUT2D eigenvalue weighted by Gasteiger charge is -2.33. The number of morpholine rings is 1. The Morgan fingerprint density at radius 1 is 1.43 bits per heavy atom. The molecule has 1 unspecified atom stereocenters. The fourth-order valence-electron chi connectivity index (χ4n) is 2.46. The molecular formula is C15H24N2O4. The molecule has 1 aliphatic heterocycles. The SMILES string of the molecule is CCN(CC)Cc1ccc(C(=O)N2CCOCC2CO)o1. The second-order valence-electron chi connectivity index (χ2n) is 5.14. The fraction of sp³-hybridized carbons (Fsp3) is 0.667. The van der Waals surface area contributed by atoms with Gasteiger partial charge in [-0.15, -0.1) is 0 Å². The van der Waals surface area contributed by atoms with Crippen LogP contribution in [0.2, 0.25) is 0 Å². The maximum absolute atomic E-state index is 12.5. The van der Waals surface area contributed by atoms with Crippen LogP contribution in [0.5, 0.6) is 0 Å². The van der Waals surface area contributed by atoms with Crippen molar-refractivity contribution in [3.63, 3.8) is 0 Å². The molecule has 0 saturated carbocycles. The standard InChI is InChI=1S/C15H24N2O4/c1-3-16(4-2)9-13-5-6-14(21-13)15(19)17-7-8-20-11-12(17)10-18/h5-6,12,18H,3-4,7-11H2,1-2H3. The van der Waals surface area contributed by atoms with Gasteiger partial charge in [-0.2, -0.15) is 0 Å². The van der Waals surface area contributed by atoms with E-state index < -0.39 is 0 Å². The average molecular weight is 296 g/mol. The first-order valence-corrected chi connectivity index (χ1v) is 7.50. The molecule has 6 heteroatoms. The number of carbonyl (C=O) groups is 1. The molecule has 1 amide bonds. The molecule has 118 valence electrons. The number of nitrogens with zero attached hydrogens (tertiary/aromatic N) is 2. The van der Waals surface area contributed by atoms with Gasteiger partial charge in [-0.3, -0.25) is 9.69 Å². The highest BCUT2D eigenvalue weighted by Gasteiger charge is 2.29. The third kappa shape index (κ3) is 3.84. The third-order valence-corrected chi connectivity index (χ3v) is 3.85. The van der Waals surface area contributed by atoms with Gasteiger partial charge in [0.15, 0.2) is 5.76 Å². The third-order valence-electron chi connectivity index (χ3n) is 3.85. The molecule has 0 radical (unpaired) electrons. The number of furan rings is 1. The highest BCUT2D eigenvalue weighted by Crippen LogP contribution is 2.16. The lowest BCUT2D eigenvalue weighted by atomic mass is 10.2. The van der Waals surface area contributed by atoms with Crippen molar-refractivity contribution in [2.45, 2.75) is 26.4 Å². The first-order valence-electron chi connectivity index (χ1n) is 7.50. The molecule has 2 heterocycles. The Kier molecular flexibility index (Phi) is 5.78. The minimum Gasteiger partial charge on any atom is -0.455 e. The summed E-state index contributed by atoms with van der Waals surface area (Å²) in [6.07, 6.45) is 0. The topological polar surface area (TPSA) is 66.2 Å². The van der Waals surface area contributed by atoms with E-state index in [0.29, 0.717) is 32.1 Å². The lowest BCUT2D eigenvalue weighted by molar-refractivity contribution is -0.0197. The van der Waals surface area contributed by atoms with E-state index in [1.807, 2.05) is 6.07 Å². The van der Waals surface area contributed by atoms with E-state index in [4.69, 9.17) is 9.15 Å². The van der Waals surface area contributed by atoms with E-state index in [9.17, 15) is 9.90 Å². The highest BCUT2D eigenvalue weighted by atomic mass is 16.5. The zero-order chi connectivity index (χ0) is 15.2. The van der Waals surface area contributed by atoms with Crippen LogP contribution in [0, 0.1) is 0 Å². The summed E-state index contributed by atoms with van der Waals surface area (Å²) < 4.78 is 11.0. The Labute approximate surface area is 125 Å². The zero-order valence-corrected chi connectivity index (χ0v) is 12.7. The summed E-state index contributed by atoms with van der Waals surface area (Å²) in [6, 6.07) is 3.27. The van der Waals surface area contributed by atoms with E-state index in [-0.39, 0.29) is 18.6 Å². The van der Waals surface area contributed by atoms with Gasteiger partial charge in [0.1, 0.15) is 5.76 Å². The Morgan fingerprint density at radius 2 is 2.19 bits per heavy atom. The number of carbonyl (C=O) groups excluding carboxylic acids is 1. The summed E-state index contributed by atoms with van der Waals surface area (Å²) >= 11 is 0. The predicted octanol–water partition coefficient (Wildman–Crippen LogP) is 0.955. The van der Waals surface area contributed by atoms with Gasteiger partial charge in [0.2, 0.25) is 0 Å². The van der Waals surface area contributed by atoms with E-state index >= 15 is 0 Å². The second kappa shape index (κ2) is 7.59. The normalized spacial score (nSPS) is 19.2. The van der Waals surface area contributed by atoms with E-state index in [1.54, 1.807) is 11.0 Å². The molecule has 1 atom stereocenters. The first kappa shape index (κ1) is 16.0. The number of hydrogen-bond donors (Lipinski definition) is 1. The van der Waals surface area contributed by atoms with Crippen molar-refractivity contribution < 1.29 is 19.1 Å². The summed E-state index contributed by atoms with van der Waals surface area (Å²) in [6.45, 7) is 8.02. The van der Waals surface area contributed by atoms with Crippen molar-refractivity contribution in [2.24, 2.45) is 0 Å². The molecule has 6 nitrogen and oxygen atoms in total. The molecule has 0 bridgehead atoms. The van der Waals surface area contributed by atoms with Crippen molar-refractivity contribution in [3.05, 3.63) is 23.7 Å². The minimum atomic E-state index is -0.289. The predicted molar refractivity (Wildman–Crippen MR) is 78.1 cm³/mol. The van der Waals surface area contributed by atoms with Crippen LogP contribution in [-0.4, -0.2) is 66.3 Å². The van der Waals surface area contributed by atoms with Gasteiger partial charge < -0.3 is 19.2 Å². The number of hydrogen-bond acceptors (Lipinski definition) is 5. The largest absolute Gasteiger partial charge is 0.455 e. The second-order valence-corrected chi connectivity index (χ2v) is 5.14. The molecule has 1 fully saturated rings. The van der Waals surface area contributed by atoms with Crippen LogP contribution >= 0.6 is 0 Å². The monoisotopic (exact) mass is 296 g/mol. The number of rotatable bonds is 6. The maximum atomic E-state index is 12.5. The van der Waals surface area contributed by atoms with Gasteiger partial charge in [0.25, 0.3) is 5.91 Å². The van der Waals surface area contributed by atoms with Gasteiger partial charge in [-0.1, -0.05) is 13.8 Å². The van der Waals surface area contributed by atoms with Crippen molar-refractivity contribution in [3.8, 4) is 0 Å². The Balaban J connectivity index is 2.04. The summed E-state index contributed by atoms with van der Waals surface area (Å²) in [4.78, 5) is 16.3. The van der Waals surface area contributed by atoms with Gasteiger partial charge in [0, 0.05) is 6.54 Å². The van der Waals surface area contributed by atoms with Crippen LogP contribution in [-0.2, 0) is 11.3 Å². The van der Waals surface area contributed by atoms with Gasteiger partial charge in [-0.25, -0.2) is 0 Å². The smallest absolute Gasteiger partial charge is 0.290 e. The molecule has 1 saturated heterocycles. The summed E-state index contributed by atoms with van der Waals surface area (Å²) in [5, 5.41) is 9.33. The zero-order valence-electron chi connectivity index (χ0n) is 12.7. The van der Waals surface area contributed by atoms with Crippen molar-refractivity contribution in [1.82, 2.24) is 9.80 Å². The maximum Gasteiger partial charge on any atom is 0.290 e. The van der Waals surface area contributed by atoms with E-state index in [1.165, 1.54) is 0 Å². The average Bonchev–Trinajstić information content (AvgIpc) is 3.00. The van der Waals surface area contributed by atoms with Crippen molar-refractivity contribution >= 4 is 5.91 Å². The van der Waals surface area contributed by atoms with Crippen molar-refractivity contribution in [2.75, 3.05) is 39.5 Å². The van der Waals surface area contributed by atoms with E-state index in [0.717, 1.165) is 18.8 Å². The molecule has 1 N–H and O–H groups in total. The molecule has 1 aromatic heterocycles. The molecule has 21 heavy (non-hydrogen) atoms. The Hall–Kier alpha value is -1.37. The number of ether oxygens (including phenoxy) is 1. The van der Waals surface area contributed by atoms with Gasteiger partial charge >= 0.3 is 0 Å². The van der Waals surface area contributed by atoms with Crippen LogP contribution in [0.3, 0.4) is 0 Å². The molecule has 0 spiro atoms. The minimum absolute atomic E-state index is 0.0985.